The van der Waals surface area contributed by atoms with Crippen LogP contribution in [0.3, 0.4) is 0 Å². The van der Waals surface area contributed by atoms with E-state index in [4.69, 9.17) is 10.5 Å². The molecule has 0 bridgehead atoms. The first-order valence-electron chi connectivity index (χ1n) is 5.25. The van der Waals surface area contributed by atoms with E-state index in [2.05, 4.69) is 4.98 Å². The minimum atomic E-state index is -0.483. The Morgan fingerprint density at radius 1 is 1.41 bits per heavy atom. The van der Waals surface area contributed by atoms with Crippen molar-refractivity contribution in [2.24, 2.45) is 5.73 Å². The maximum absolute atomic E-state index is 11.1. The molecule has 17 heavy (non-hydrogen) atoms. The third kappa shape index (κ3) is 2.84. The van der Waals surface area contributed by atoms with Crippen molar-refractivity contribution in [3.8, 4) is 5.75 Å². The third-order valence-corrected chi connectivity index (χ3v) is 2.32. The van der Waals surface area contributed by atoms with Crippen molar-refractivity contribution < 1.29 is 9.53 Å². The molecule has 0 saturated heterocycles. The molecule has 1 heterocycles. The Morgan fingerprint density at radius 2 is 2.24 bits per heavy atom. The highest BCUT2D eigenvalue weighted by molar-refractivity contribution is 5.95. The molecule has 0 aliphatic carbocycles. The van der Waals surface area contributed by atoms with Crippen LogP contribution in [0.2, 0.25) is 0 Å². The molecule has 0 saturated carbocycles. The second-order valence-corrected chi connectivity index (χ2v) is 3.51. The van der Waals surface area contributed by atoms with Crippen LogP contribution in [-0.2, 0) is 6.54 Å². The van der Waals surface area contributed by atoms with Gasteiger partial charge in [-0.25, -0.2) is 4.98 Å². The zero-order valence-electron chi connectivity index (χ0n) is 9.24. The van der Waals surface area contributed by atoms with Crippen LogP contribution < -0.4 is 10.5 Å². The third-order valence-electron chi connectivity index (χ3n) is 2.32. The number of benzene rings is 1. The summed E-state index contributed by atoms with van der Waals surface area (Å²) in [5.74, 6) is 0.0309. The first kappa shape index (κ1) is 11.2. The van der Waals surface area contributed by atoms with E-state index < -0.39 is 5.91 Å². The summed E-state index contributed by atoms with van der Waals surface area (Å²) in [5.41, 5.74) is 5.65. The Morgan fingerprint density at radius 3 is 2.94 bits per heavy atom. The van der Waals surface area contributed by atoms with Gasteiger partial charge in [0.2, 0.25) is 0 Å². The Labute approximate surface area is 98.8 Å². The highest BCUT2D eigenvalue weighted by atomic mass is 16.5. The summed E-state index contributed by atoms with van der Waals surface area (Å²) < 4.78 is 7.42. The lowest BCUT2D eigenvalue weighted by atomic mass is 10.2. The molecule has 88 valence electrons. The van der Waals surface area contributed by atoms with Gasteiger partial charge in [-0.3, -0.25) is 4.79 Å². The second-order valence-electron chi connectivity index (χ2n) is 3.51. The average molecular weight is 231 g/mol. The number of nitrogens with zero attached hydrogens (tertiary/aromatic N) is 2. The largest absolute Gasteiger partial charge is 0.491 e. The average Bonchev–Trinajstić information content (AvgIpc) is 2.82. The molecule has 1 amide bonds. The highest BCUT2D eigenvalue weighted by Crippen LogP contribution is 2.16. The maximum Gasteiger partial charge on any atom is 0.252 e. The van der Waals surface area contributed by atoms with Crippen molar-refractivity contribution >= 4 is 5.91 Å². The molecule has 2 N–H and O–H groups in total. The van der Waals surface area contributed by atoms with Crippen molar-refractivity contribution in [1.82, 2.24) is 9.55 Å². The summed E-state index contributed by atoms with van der Waals surface area (Å²) >= 11 is 0. The number of rotatable bonds is 5. The van der Waals surface area contributed by atoms with Gasteiger partial charge in [-0.15, -0.1) is 0 Å². The molecule has 0 fully saturated rings. The summed E-state index contributed by atoms with van der Waals surface area (Å²) in [5, 5.41) is 0. The van der Waals surface area contributed by atoms with Crippen LogP contribution in [0.1, 0.15) is 10.4 Å². The Hall–Kier alpha value is -2.30. The molecular formula is C12H13N3O2. The predicted octanol–water partition coefficient (Wildman–Crippen LogP) is 1.06. The Bertz CT molecular complexity index is 494. The number of primary amides is 1. The normalized spacial score (nSPS) is 10.1. The van der Waals surface area contributed by atoms with E-state index in [0.29, 0.717) is 24.5 Å². The zero-order chi connectivity index (χ0) is 12.1. The molecule has 0 atom stereocenters. The van der Waals surface area contributed by atoms with E-state index in [1.165, 1.54) is 0 Å². The quantitative estimate of drug-likeness (QED) is 0.836. The predicted molar refractivity (Wildman–Crippen MR) is 62.7 cm³/mol. The lowest BCUT2D eigenvalue weighted by Gasteiger charge is -2.09. The van der Waals surface area contributed by atoms with E-state index in [1.807, 2.05) is 10.8 Å². The molecule has 0 aliphatic rings. The lowest BCUT2D eigenvalue weighted by Crippen LogP contribution is -2.14. The van der Waals surface area contributed by atoms with Gasteiger partial charge in [0.25, 0.3) is 5.91 Å². The van der Waals surface area contributed by atoms with Gasteiger partial charge in [0.1, 0.15) is 12.4 Å². The molecular weight excluding hydrogens is 218 g/mol. The summed E-state index contributed by atoms with van der Waals surface area (Å²) in [7, 11) is 0. The molecule has 0 unspecified atom stereocenters. The standard InChI is InChI=1S/C12H13N3O2/c13-12(16)10-3-1-2-4-11(10)17-8-7-15-6-5-14-9-15/h1-6,9H,7-8H2,(H2,13,16). The number of carbonyl (C=O) groups is 1. The fraction of sp³-hybridized carbons (Fsp3) is 0.167. The van der Waals surface area contributed by atoms with Crippen molar-refractivity contribution in [3.63, 3.8) is 0 Å². The molecule has 1 aromatic heterocycles. The SMILES string of the molecule is NC(=O)c1ccccc1OCCn1ccnc1. The van der Waals surface area contributed by atoms with Crippen LogP contribution in [0.4, 0.5) is 0 Å². The molecule has 5 heteroatoms. The fourth-order valence-corrected chi connectivity index (χ4v) is 1.48. The molecule has 0 aliphatic heterocycles. The smallest absolute Gasteiger partial charge is 0.252 e. The van der Waals surface area contributed by atoms with Gasteiger partial charge in [0.05, 0.1) is 18.4 Å². The van der Waals surface area contributed by atoms with Gasteiger partial charge in [-0.1, -0.05) is 12.1 Å². The number of amides is 1. The summed E-state index contributed by atoms with van der Waals surface area (Å²) in [6, 6.07) is 6.94. The molecule has 2 rings (SSSR count). The van der Waals surface area contributed by atoms with Crippen LogP contribution in [-0.4, -0.2) is 22.1 Å². The van der Waals surface area contributed by atoms with Gasteiger partial charge in [-0.2, -0.15) is 0 Å². The number of ether oxygens (including phenoxy) is 1. The van der Waals surface area contributed by atoms with Crippen molar-refractivity contribution in [1.29, 1.82) is 0 Å². The van der Waals surface area contributed by atoms with Crippen molar-refractivity contribution in [3.05, 3.63) is 48.5 Å². The Balaban J connectivity index is 1.97. The maximum atomic E-state index is 11.1. The monoisotopic (exact) mass is 231 g/mol. The van der Waals surface area contributed by atoms with E-state index in [1.54, 1.807) is 36.8 Å². The van der Waals surface area contributed by atoms with E-state index in [0.717, 1.165) is 0 Å². The molecule has 0 radical (unpaired) electrons. The topological polar surface area (TPSA) is 70.1 Å². The van der Waals surface area contributed by atoms with Gasteiger partial charge in [0, 0.05) is 12.4 Å². The second kappa shape index (κ2) is 5.16. The number of carbonyl (C=O) groups excluding carboxylic acids is 1. The number of imidazole rings is 1. The summed E-state index contributed by atoms with van der Waals surface area (Å²) in [6.07, 6.45) is 5.27. The van der Waals surface area contributed by atoms with E-state index in [-0.39, 0.29) is 0 Å². The van der Waals surface area contributed by atoms with Crippen LogP contribution in [0.25, 0.3) is 0 Å². The molecule has 5 nitrogen and oxygen atoms in total. The van der Waals surface area contributed by atoms with Crippen molar-refractivity contribution in [2.75, 3.05) is 6.61 Å². The lowest BCUT2D eigenvalue weighted by molar-refractivity contribution is 0.0996. The molecule has 1 aromatic carbocycles. The van der Waals surface area contributed by atoms with Gasteiger partial charge < -0.3 is 15.0 Å². The van der Waals surface area contributed by atoms with Crippen molar-refractivity contribution in [2.45, 2.75) is 6.54 Å². The number of hydrogen-bond acceptors (Lipinski definition) is 3. The van der Waals surface area contributed by atoms with Crippen LogP contribution >= 0.6 is 0 Å². The van der Waals surface area contributed by atoms with E-state index >= 15 is 0 Å². The summed E-state index contributed by atoms with van der Waals surface area (Å²) in [6.45, 7) is 1.13. The summed E-state index contributed by atoms with van der Waals surface area (Å²) in [4.78, 5) is 15.1. The van der Waals surface area contributed by atoms with Gasteiger partial charge in [0.15, 0.2) is 0 Å². The Kier molecular flexibility index (Phi) is 3.40. The highest BCUT2D eigenvalue weighted by Gasteiger charge is 2.07. The zero-order valence-corrected chi connectivity index (χ0v) is 9.24. The number of para-hydroxylation sites is 1. The fourth-order valence-electron chi connectivity index (χ4n) is 1.48. The molecule has 2 aromatic rings. The first-order chi connectivity index (χ1) is 8.27. The minimum Gasteiger partial charge on any atom is -0.491 e. The molecule has 0 spiro atoms. The first-order valence-corrected chi connectivity index (χ1v) is 5.25. The number of hydrogen-bond donors (Lipinski definition) is 1. The van der Waals surface area contributed by atoms with Crippen LogP contribution in [0.15, 0.2) is 43.0 Å². The van der Waals surface area contributed by atoms with E-state index in [9.17, 15) is 4.79 Å². The minimum absolute atomic E-state index is 0.401. The number of aromatic nitrogens is 2. The van der Waals surface area contributed by atoms with Gasteiger partial charge >= 0.3 is 0 Å². The van der Waals surface area contributed by atoms with Gasteiger partial charge in [-0.05, 0) is 12.1 Å². The van der Waals surface area contributed by atoms with Crippen LogP contribution in [0.5, 0.6) is 5.75 Å². The van der Waals surface area contributed by atoms with Crippen LogP contribution in [0, 0.1) is 0 Å². The number of nitrogens with two attached hydrogens (primary N) is 1.